The normalized spacial score (nSPS) is 18.2. The summed E-state index contributed by atoms with van der Waals surface area (Å²) in [6, 6.07) is 6.67. The Morgan fingerprint density at radius 2 is 2.12 bits per heavy atom. The molecule has 1 aliphatic rings. The fourth-order valence-corrected chi connectivity index (χ4v) is 2.10. The van der Waals surface area contributed by atoms with E-state index in [0.717, 1.165) is 24.2 Å². The molecule has 1 aromatic carbocycles. The van der Waals surface area contributed by atoms with E-state index in [2.05, 4.69) is 22.2 Å². The minimum Gasteiger partial charge on any atom is -0.378 e. The lowest BCUT2D eigenvalue weighted by Crippen LogP contribution is -2.46. The Balaban J connectivity index is 1.85. The first-order chi connectivity index (χ1) is 8.22. The molecular weight excluding hydrogens is 218 g/mol. The van der Waals surface area contributed by atoms with E-state index in [-0.39, 0.29) is 11.7 Å². The minimum atomic E-state index is -0.162. The Morgan fingerprint density at radius 3 is 2.82 bits per heavy atom. The van der Waals surface area contributed by atoms with Crippen LogP contribution in [0.1, 0.15) is 18.5 Å². The zero-order chi connectivity index (χ0) is 11.8. The van der Waals surface area contributed by atoms with Crippen molar-refractivity contribution in [3.8, 4) is 0 Å². The predicted molar refractivity (Wildman–Crippen MR) is 65.1 cm³/mol. The van der Waals surface area contributed by atoms with Crippen molar-refractivity contribution in [2.45, 2.75) is 19.0 Å². The molecule has 0 saturated carbocycles. The fraction of sp³-hybridized carbons (Fsp3) is 0.417. The van der Waals surface area contributed by atoms with Crippen molar-refractivity contribution in [1.29, 1.82) is 0 Å². The van der Waals surface area contributed by atoms with E-state index in [0.29, 0.717) is 6.04 Å². The number of hydrogen-bond donors (Lipinski definition) is 3. The van der Waals surface area contributed by atoms with Gasteiger partial charge in [-0.25, -0.2) is 4.79 Å². The summed E-state index contributed by atoms with van der Waals surface area (Å²) in [7, 11) is 0. The van der Waals surface area contributed by atoms with Crippen LogP contribution in [0.3, 0.4) is 0 Å². The van der Waals surface area contributed by atoms with Gasteiger partial charge in [-0.3, -0.25) is 0 Å². The van der Waals surface area contributed by atoms with Crippen molar-refractivity contribution >= 4 is 11.0 Å². The number of ether oxygens (including phenoxy) is 1. The van der Waals surface area contributed by atoms with Crippen molar-refractivity contribution in [3.63, 3.8) is 0 Å². The summed E-state index contributed by atoms with van der Waals surface area (Å²) in [4.78, 5) is 16.7. The molecule has 0 radical (unpaired) electrons. The maximum absolute atomic E-state index is 11.2. The van der Waals surface area contributed by atoms with Crippen molar-refractivity contribution < 1.29 is 4.74 Å². The van der Waals surface area contributed by atoms with Gasteiger partial charge in [0.05, 0.1) is 30.3 Å². The molecule has 0 aliphatic carbocycles. The first-order valence-electron chi connectivity index (χ1n) is 5.78. The zero-order valence-electron chi connectivity index (χ0n) is 9.62. The van der Waals surface area contributed by atoms with Gasteiger partial charge < -0.3 is 20.0 Å². The van der Waals surface area contributed by atoms with Crippen LogP contribution in [0.4, 0.5) is 0 Å². The molecule has 1 unspecified atom stereocenters. The molecule has 5 heteroatoms. The van der Waals surface area contributed by atoms with Crippen molar-refractivity contribution in [3.05, 3.63) is 34.2 Å². The summed E-state index contributed by atoms with van der Waals surface area (Å²) in [5.41, 5.74) is 2.70. The molecule has 5 nitrogen and oxygen atoms in total. The lowest BCUT2D eigenvalue weighted by molar-refractivity contribution is -0.00924. The molecule has 0 spiro atoms. The van der Waals surface area contributed by atoms with Gasteiger partial charge in [0, 0.05) is 6.04 Å². The van der Waals surface area contributed by atoms with Crippen LogP contribution in [0.25, 0.3) is 11.0 Å². The van der Waals surface area contributed by atoms with Crippen LogP contribution >= 0.6 is 0 Å². The zero-order valence-corrected chi connectivity index (χ0v) is 9.62. The standard InChI is InChI=1S/C12H15N3O2/c1-7(13-9-5-17-6-9)8-2-3-10-11(4-8)15-12(16)14-10/h2-4,7,9,13H,5-6H2,1H3,(H2,14,15,16). The predicted octanol–water partition coefficient (Wildman–Crippen LogP) is 0.906. The third-order valence-electron chi connectivity index (χ3n) is 3.16. The van der Waals surface area contributed by atoms with Gasteiger partial charge in [0.1, 0.15) is 0 Å². The number of H-pyrrole nitrogens is 2. The molecule has 90 valence electrons. The SMILES string of the molecule is CC(NC1COC1)c1ccc2[nH]c(=O)[nH]c2c1. The number of benzene rings is 1. The first kappa shape index (κ1) is 10.6. The number of rotatable bonds is 3. The molecule has 2 aromatic rings. The Morgan fingerprint density at radius 1 is 1.35 bits per heavy atom. The Hall–Kier alpha value is -1.59. The molecule has 3 N–H and O–H groups in total. The second kappa shape index (κ2) is 4.01. The van der Waals surface area contributed by atoms with Crippen molar-refractivity contribution in [1.82, 2.24) is 15.3 Å². The summed E-state index contributed by atoms with van der Waals surface area (Å²) >= 11 is 0. The highest BCUT2D eigenvalue weighted by atomic mass is 16.5. The van der Waals surface area contributed by atoms with Crippen LogP contribution in [0, 0.1) is 0 Å². The van der Waals surface area contributed by atoms with E-state index in [1.54, 1.807) is 0 Å². The molecule has 0 amide bonds. The summed E-state index contributed by atoms with van der Waals surface area (Å²) < 4.78 is 5.13. The molecule has 1 atom stereocenters. The Labute approximate surface area is 98.2 Å². The summed E-state index contributed by atoms with van der Waals surface area (Å²) in [5.74, 6) is 0. The van der Waals surface area contributed by atoms with Crippen molar-refractivity contribution in [2.75, 3.05) is 13.2 Å². The average Bonchev–Trinajstić information content (AvgIpc) is 2.62. The second-order valence-electron chi connectivity index (χ2n) is 4.51. The topological polar surface area (TPSA) is 69.9 Å². The van der Waals surface area contributed by atoms with Gasteiger partial charge >= 0.3 is 5.69 Å². The lowest BCUT2D eigenvalue weighted by atomic mass is 10.1. The highest BCUT2D eigenvalue weighted by Crippen LogP contribution is 2.18. The van der Waals surface area contributed by atoms with Gasteiger partial charge in [0.25, 0.3) is 0 Å². The minimum absolute atomic E-state index is 0.162. The van der Waals surface area contributed by atoms with Gasteiger partial charge in [-0.2, -0.15) is 0 Å². The number of nitrogens with one attached hydrogen (secondary N) is 3. The number of fused-ring (bicyclic) bond motifs is 1. The fourth-order valence-electron chi connectivity index (χ4n) is 2.10. The molecule has 2 heterocycles. The van der Waals surface area contributed by atoms with Crippen LogP contribution < -0.4 is 11.0 Å². The number of imidazole rings is 1. The molecule has 17 heavy (non-hydrogen) atoms. The van der Waals surface area contributed by atoms with Crippen LogP contribution in [0.5, 0.6) is 0 Å². The van der Waals surface area contributed by atoms with E-state index < -0.39 is 0 Å². The number of aromatic amines is 2. The number of aromatic nitrogens is 2. The highest BCUT2D eigenvalue weighted by Gasteiger charge is 2.20. The monoisotopic (exact) mass is 233 g/mol. The quantitative estimate of drug-likeness (QED) is 0.738. The summed E-state index contributed by atoms with van der Waals surface area (Å²) in [6.45, 7) is 3.69. The lowest BCUT2D eigenvalue weighted by Gasteiger charge is -2.30. The van der Waals surface area contributed by atoms with Gasteiger partial charge in [0.15, 0.2) is 0 Å². The average molecular weight is 233 g/mol. The Kier molecular flexibility index (Phi) is 2.49. The van der Waals surface area contributed by atoms with Gasteiger partial charge in [-0.05, 0) is 24.6 Å². The van der Waals surface area contributed by atoms with Crippen LogP contribution in [0.15, 0.2) is 23.0 Å². The second-order valence-corrected chi connectivity index (χ2v) is 4.51. The molecule has 1 saturated heterocycles. The van der Waals surface area contributed by atoms with Crippen LogP contribution in [0.2, 0.25) is 0 Å². The molecular formula is C12H15N3O2. The largest absolute Gasteiger partial charge is 0.378 e. The smallest absolute Gasteiger partial charge is 0.323 e. The van der Waals surface area contributed by atoms with E-state index in [9.17, 15) is 4.79 Å². The van der Waals surface area contributed by atoms with Gasteiger partial charge in [-0.1, -0.05) is 6.07 Å². The summed E-state index contributed by atoms with van der Waals surface area (Å²) in [6.07, 6.45) is 0. The van der Waals surface area contributed by atoms with Gasteiger partial charge in [0.2, 0.25) is 0 Å². The molecule has 1 aliphatic heterocycles. The van der Waals surface area contributed by atoms with Gasteiger partial charge in [-0.15, -0.1) is 0 Å². The third-order valence-corrected chi connectivity index (χ3v) is 3.16. The molecule has 1 fully saturated rings. The Bertz CT molecular complexity index is 583. The first-order valence-corrected chi connectivity index (χ1v) is 5.78. The van der Waals surface area contributed by atoms with Crippen LogP contribution in [-0.4, -0.2) is 29.2 Å². The maximum atomic E-state index is 11.2. The van der Waals surface area contributed by atoms with Crippen LogP contribution in [-0.2, 0) is 4.74 Å². The van der Waals surface area contributed by atoms with E-state index in [1.807, 2.05) is 18.2 Å². The van der Waals surface area contributed by atoms with E-state index >= 15 is 0 Å². The van der Waals surface area contributed by atoms with E-state index in [1.165, 1.54) is 5.56 Å². The van der Waals surface area contributed by atoms with Crippen molar-refractivity contribution in [2.24, 2.45) is 0 Å². The maximum Gasteiger partial charge on any atom is 0.323 e. The number of hydrogen-bond acceptors (Lipinski definition) is 3. The molecule has 1 aromatic heterocycles. The molecule has 0 bridgehead atoms. The third kappa shape index (κ3) is 1.99. The van der Waals surface area contributed by atoms with E-state index in [4.69, 9.17) is 4.74 Å². The highest BCUT2D eigenvalue weighted by molar-refractivity contribution is 5.75. The molecule has 3 rings (SSSR count). The summed E-state index contributed by atoms with van der Waals surface area (Å²) in [5, 5.41) is 3.48.